The maximum atomic E-state index is 14.0. The van der Waals surface area contributed by atoms with Crippen LogP contribution in [-0.4, -0.2) is 53.5 Å². The van der Waals surface area contributed by atoms with Crippen LogP contribution in [0.15, 0.2) is 65.4 Å². The monoisotopic (exact) mass is 591 g/mol. The summed E-state index contributed by atoms with van der Waals surface area (Å²) in [6.07, 6.45) is 0.0895. The Morgan fingerprint density at radius 1 is 0.923 bits per heavy atom. The van der Waals surface area contributed by atoms with Gasteiger partial charge < -0.3 is 10.0 Å². The third kappa shape index (κ3) is 9.75. The van der Waals surface area contributed by atoms with Crippen molar-refractivity contribution in [2.45, 2.75) is 70.5 Å². The van der Waals surface area contributed by atoms with Crippen molar-refractivity contribution in [2.75, 3.05) is 6.54 Å². The molecule has 2 aromatic heterocycles. The standard InChI is InChI=1S/C28H37N3O5S3/c1-28(2,3)31(27(33)34)25(15-7-8-16-29-39(35,36)21-22-11-5-4-6-12-22)26(32)30(19-23-13-9-17-37-23)20-24-14-10-18-38-24/h4-6,9-14,17-18,25,29H,7-8,15-16,19-21H2,1-3H3,(H,33,34)/t25-/m0/s1. The van der Waals surface area contributed by atoms with Crippen LogP contribution >= 0.6 is 22.7 Å². The third-order valence-corrected chi connectivity index (χ3v) is 9.20. The summed E-state index contributed by atoms with van der Waals surface area (Å²) in [5, 5.41) is 14.1. The molecule has 1 aromatic carbocycles. The number of hydrogen-bond acceptors (Lipinski definition) is 6. The van der Waals surface area contributed by atoms with Crippen LogP contribution in [0.1, 0.15) is 55.4 Å². The van der Waals surface area contributed by atoms with Gasteiger partial charge in [-0.15, -0.1) is 22.7 Å². The first-order valence-electron chi connectivity index (χ1n) is 12.8. The molecule has 0 aliphatic rings. The molecule has 0 saturated heterocycles. The van der Waals surface area contributed by atoms with Crippen LogP contribution in [0.4, 0.5) is 4.79 Å². The van der Waals surface area contributed by atoms with Gasteiger partial charge in [0.1, 0.15) is 6.04 Å². The molecule has 0 unspecified atom stereocenters. The molecule has 1 atom stereocenters. The van der Waals surface area contributed by atoms with E-state index in [1.165, 1.54) is 4.90 Å². The average molecular weight is 592 g/mol. The summed E-state index contributed by atoms with van der Waals surface area (Å²) in [7, 11) is -3.50. The fourth-order valence-corrected chi connectivity index (χ4v) is 7.02. The summed E-state index contributed by atoms with van der Waals surface area (Å²) in [4.78, 5) is 31.4. The number of carbonyl (C=O) groups excluding carboxylic acids is 1. The minimum absolute atomic E-state index is 0.105. The molecule has 0 spiro atoms. The molecule has 212 valence electrons. The van der Waals surface area contributed by atoms with E-state index in [1.54, 1.807) is 72.6 Å². The highest BCUT2D eigenvalue weighted by Gasteiger charge is 2.39. The van der Waals surface area contributed by atoms with E-state index in [-0.39, 0.29) is 24.6 Å². The van der Waals surface area contributed by atoms with Crippen molar-refractivity contribution in [1.29, 1.82) is 0 Å². The summed E-state index contributed by atoms with van der Waals surface area (Å²) >= 11 is 3.11. The molecule has 8 nitrogen and oxygen atoms in total. The number of amides is 2. The highest BCUT2D eigenvalue weighted by atomic mass is 32.2. The van der Waals surface area contributed by atoms with Gasteiger partial charge in [0.15, 0.2) is 0 Å². The van der Waals surface area contributed by atoms with Crippen molar-refractivity contribution in [3.05, 3.63) is 80.7 Å². The first kappa shape index (κ1) is 30.8. The lowest BCUT2D eigenvalue weighted by molar-refractivity contribution is -0.139. The second-order valence-electron chi connectivity index (χ2n) is 10.3. The molecule has 39 heavy (non-hydrogen) atoms. The van der Waals surface area contributed by atoms with E-state index in [9.17, 15) is 23.1 Å². The Labute approximate surface area is 239 Å². The predicted octanol–water partition coefficient (Wildman–Crippen LogP) is 5.78. The molecule has 2 amide bonds. The second-order valence-corrected chi connectivity index (χ2v) is 14.2. The number of rotatable bonds is 14. The molecular weight excluding hydrogens is 555 g/mol. The van der Waals surface area contributed by atoms with Crippen LogP contribution in [0, 0.1) is 0 Å². The molecule has 0 saturated carbocycles. The lowest BCUT2D eigenvalue weighted by Crippen LogP contribution is -2.57. The van der Waals surface area contributed by atoms with E-state index in [2.05, 4.69) is 4.72 Å². The Morgan fingerprint density at radius 2 is 1.51 bits per heavy atom. The van der Waals surface area contributed by atoms with Crippen molar-refractivity contribution in [3.63, 3.8) is 0 Å². The average Bonchev–Trinajstić information content (AvgIpc) is 3.56. The highest BCUT2D eigenvalue weighted by molar-refractivity contribution is 7.88. The molecule has 0 aliphatic heterocycles. The van der Waals surface area contributed by atoms with Gasteiger partial charge in [0.05, 0.1) is 18.8 Å². The van der Waals surface area contributed by atoms with Crippen molar-refractivity contribution < 1.29 is 23.1 Å². The normalized spacial score (nSPS) is 12.7. The predicted molar refractivity (Wildman–Crippen MR) is 157 cm³/mol. The van der Waals surface area contributed by atoms with E-state index in [4.69, 9.17) is 0 Å². The first-order chi connectivity index (χ1) is 18.5. The molecule has 0 aliphatic carbocycles. The number of carbonyl (C=O) groups is 2. The van der Waals surface area contributed by atoms with Crippen LogP contribution in [0.2, 0.25) is 0 Å². The Bertz CT molecular complexity index is 1240. The fraction of sp³-hybridized carbons (Fsp3) is 0.429. The Morgan fingerprint density at radius 3 is 2.00 bits per heavy atom. The smallest absolute Gasteiger partial charge is 0.408 e. The van der Waals surface area contributed by atoms with Gasteiger partial charge in [-0.25, -0.2) is 17.9 Å². The van der Waals surface area contributed by atoms with E-state index in [0.717, 1.165) is 9.75 Å². The summed E-state index contributed by atoms with van der Waals surface area (Å²) in [6, 6.07) is 15.9. The zero-order valence-corrected chi connectivity index (χ0v) is 25.0. The van der Waals surface area contributed by atoms with E-state index in [0.29, 0.717) is 31.5 Å². The lowest BCUT2D eigenvalue weighted by atomic mass is 9.98. The number of nitrogens with one attached hydrogen (secondary N) is 1. The SMILES string of the molecule is CC(C)(C)N(C(=O)O)[C@@H](CCCCNS(=O)(=O)Cc1ccccc1)C(=O)N(Cc1cccs1)Cc1cccs1. The molecular formula is C28H37N3O5S3. The second kappa shape index (κ2) is 14.1. The number of hydrogen-bond donors (Lipinski definition) is 2. The fourth-order valence-electron chi connectivity index (χ4n) is 4.39. The topological polar surface area (TPSA) is 107 Å². The van der Waals surface area contributed by atoms with Gasteiger partial charge in [-0.05, 0) is 68.5 Å². The van der Waals surface area contributed by atoms with Crippen LogP contribution < -0.4 is 4.72 Å². The van der Waals surface area contributed by atoms with Crippen molar-refractivity contribution >= 4 is 44.7 Å². The van der Waals surface area contributed by atoms with Gasteiger partial charge >= 0.3 is 6.09 Å². The van der Waals surface area contributed by atoms with E-state index < -0.39 is 27.7 Å². The number of benzene rings is 1. The molecule has 2 N–H and O–H groups in total. The van der Waals surface area contributed by atoms with Gasteiger partial charge in [0.25, 0.3) is 0 Å². The molecule has 11 heteroatoms. The van der Waals surface area contributed by atoms with Crippen LogP contribution in [0.5, 0.6) is 0 Å². The highest BCUT2D eigenvalue weighted by Crippen LogP contribution is 2.25. The molecule has 3 rings (SSSR count). The first-order valence-corrected chi connectivity index (χ1v) is 16.2. The summed E-state index contributed by atoms with van der Waals surface area (Å²) in [5.74, 6) is -0.356. The van der Waals surface area contributed by atoms with Crippen molar-refractivity contribution in [1.82, 2.24) is 14.5 Å². The quantitative estimate of drug-likeness (QED) is 0.231. The molecule has 3 aromatic rings. The summed E-state index contributed by atoms with van der Waals surface area (Å²) in [5.41, 5.74) is -0.101. The third-order valence-electron chi connectivity index (χ3n) is 6.12. The molecule has 0 fully saturated rings. The Hall–Kier alpha value is -2.73. The van der Waals surface area contributed by atoms with Gasteiger partial charge in [-0.3, -0.25) is 9.69 Å². The lowest BCUT2D eigenvalue weighted by Gasteiger charge is -2.40. The van der Waals surface area contributed by atoms with E-state index >= 15 is 0 Å². The van der Waals surface area contributed by atoms with Crippen molar-refractivity contribution in [2.24, 2.45) is 0 Å². The van der Waals surface area contributed by atoms with Gasteiger partial charge in [-0.1, -0.05) is 42.5 Å². The minimum Gasteiger partial charge on any atom is -0.465 e. The zero-order chi connectivity index (χ0) is 28.5. The minimum atomic E-state index is -3.50. The largest absolute Gasteiger partial charge is 0.465 e. The number of unbranched alkanes of at least 4 members (excludes halogenated alkanes) is 1. The Balaban J connectivity index is 1.71. The van der Waals surface area contributed by atoms with Gasteiger partial charge in [0, 0.05) is 21.8 Å². The molecule has 2 heterocycles. The van der Waals surface area contributed by atoms with E-state index in [1.807, 2.05) is 41.1 Å². The number of nitrogens with zero attached hydrogens (tertiary/aromatic N) is 2. The zero-order valence-electron chi connectivity index (χ0n) is 22.6. The number of thiophene rings is 2. The van der Waals surface area contributed by atoms with Gasteiger partial charge in [-0.2, -0.15) is 0 Å². The maximum Gasteiger partial charge on any atom is 0.408 e. The van der Waals surface area contributed by atoms with Crippen LogP contribution in [0.25, 0.3) is 0 Å². The van der Waals surface area contributed by atoms with Crippen LogP contribution in [0.3, 0.4) is 0 Å². The van der Waals surface area contributed by atoms with Crippen molar-refractivity contribution in [3.8, 4) is 0 Å². The number of carboxylic acid groups (broad SMARTS) is 1. The summed E-state index contributed by atoms with van der Waals surface area (Å²) in [6.45, 7) is 6.34. The summed E-state index contributed by atoms with van der Waals surface area (Å²) < 4.78 is 27.6. The van der Waals surface area contributed by atoms with Gasteiger partial charge in [0.2, 0.25) is 15.9 Å². The van der Waals surface area contributed by atoms with Crippen LogP contribution in [-0.2, 0) is 33.7 Å². The molecule has 0 radical (unpaired) electrons. The molecule has 0 bridgehead atoms. The maximum absolute atomic E-state index is 14.0. The number of sulfonamides is 1. The Kier molecular flexibility index (Phi) is 11.1.